The fourth-order valence-corrected chi connectivity index (χ4v) is 2.39. The first-order valence-electron chi connectivity index (χ1n) is 7.00. The van der Waals surface area contributed by atoms with Crippen molar-refractivity contribution in [2.24, 2.45) is 0 Å². The molecule has 0 aliphatic carbocycles. The van der Waals surface area contributed by atoms with Crippen molar-refractivity contribution in [1.82, 2.24) is 5.32 Å². The predicted molar refractivity (Wildman–Crippen MR) is 79.1 cm³/mol. The van der Waals surface area contributed by atoms with Crippen LogP contribution in [0.1, 0.15) is 18.6 Å². The lowest BCUT2D eigenvalue weighted by Crippen LogP contribution is -2.38. The predicted octanol–water partition coefficient (Wildman–Crippen LogP) is 3.53. The van der Waals surface area contributed by atoms with Gasteiger partial charge in [0.15, 0.2) is 0 Å². The quantitative estimate of drug-likeness (QED) is 0.924. The van der Waals surface area contributed by atoms with Gasteiger partial charge in [0.1, 0.15) is 11.5 Å². The zero-order valence-electron chi connectivity index (χ0n) is 11.6. The van der Waals surface area contributed by atoms with Crippen LogP contribution < -0.4 is 10.1 Å². The van der Waals surface area contributed by atoms with E-state index in [1.807, 2.05) is 42.5 Å². The molecule has 0 bridgehead atoms. The second-order valence-electron chi connectivity index (χ2n) is 5.08. The normalized spacial score (nSPS) is 22.4. The molecule has 1 N–H and O–H groups in total. The fraction of sp³-hybridized carbons (Fsp3) is 0.294. The highest BCUT2D eigenvalue weighted by molar-refractivity contribution is 5.34. The molecule has 2 aromatic carbocycles. The van der Waals surface area contributed by atoms with Crippen LogP contribution in [0.5, 0.6) is 11.5 Å². The summed E-state index contributed by atoms with van der Waals surface area (Å²) in [5.41, 5.74) is 1.15. The maximum atomic E-state index is 5.96. The van der Waals surface area contributed by atoms with Crippen LogP contribution >= 0.6 is 0 Å². The van der Waals surface area contributed by atoms with Crippen molar-refractivity contribution >= 4 is 0 Å². The third-order valence-electron chi connectivity index (χ3n) is 3.37. The minimum Gasteiger partial charge on any atom is -0.457 e. The summed E-state index contributed by atoms with van der Waals surface area (Å²) in [6.45, 7) is 3.85. The Balaban J connectivity index is 1.75. The lowest BCUT2D eigenvalue weighted by molar-refractivity contribution is -0.0287. The van der Waals surface area contributed by atoms with Gasteiger partial charge in [0.05, 0.1) is 12.2 Å². The molecule has 3 heteroatoms. The molecule has 1 heterocycles. The van der Waals surface area contributed by atoms with Crippen LogP contribution in [0.3, 0.4) is 0 Å². The zero-order chi connectivity index (χ0) is 13.8. The van der Waals surface area contributed by atoms with Crippen molar-refractivity contribution in [3.05, 3.63) is 60.2 Å². The van der Waals surface area contributed by atoms with Gasteiger partial charge in [0, 0.05) is 13.1 Å². The Hall–Kier alpha value is -1.84. The molecule has 2 atom stereocenters. The van der Waals surface area contributed by atoms with E-state index in [4.69, 9.17) is 9.47 Å². The van der Waals surface area contributed by atoms with E-state index < -0.39 is 0 Å². The number of hydrogen-bond acceptors (Lipinski definition) is 3. The average molecular weight is 269 g/mol. The number of nitrogens with one attached hydrogen (secondary N) is 1. The second-order valence-corrected chi connectivity index (χ2v) is 5.08. The summed E-state index contributed by atoms with van der Waals surface area (Å²) in [7, 11) is 0. The molecule has 1 aliphatic rings. The summed E-state index contributed by atoms with van der Waals surface area (Å²) in [5.74, 6) is 1.69. The molecule has 3 nitrogen and oxygen atoms in total. The van der Waals surface area contributed by atoms with Gasteiger partial charge in [-0.15, -0.1) is 0 Å². The Morgan fingerprint density at radius 3 is 2.60 bits per heavy atom. The van der Waals surface area contributed by atoms with Crippen molar-refractivity contribution in [2.45, 2.75) is 19.1 Å². The first kappa shape index (κ1) is 13.2. The highest BCUT2D eigenvalue weighted by Crippen LogP contribution is 2.27. The van der Waals surface area contributed by atoms with E-state index in [-0.39, 0.29) is 12.2 Å². The summed E-state index contributed by atoms with van der Waals surface area (Å²) in [4.78, 5) is 0. The van der Waals surface area contributed by atoms with E-state index in [0.717, 1.165) is 30.2 Å². The Morgan fingerprint density at radius 2 is 1.80 bits per heavy atom. The van der Waals surface area contributed by atoms with Gasteiger partial charge in [-0.05, 0) is 36.8 Å². The highest BCUT2D eigenvalue weighted by Gasteiger charge is 2.20. The molecule has 0 radical (unpaired) electrons. The molecular formula is C17H19NO2. The molecule has 0 amide bonds. The third kappa shape index (κ3) is 3.18. The first-order chi connectivity index (χ1) is 9.81. The van der Waals surface area contributed by atoms with E-state index in [1.54, 1.807) is 0 Å². The highest BCUT2D eigenvalue weighted by atomic mass is 16.5. The maximum Gasteiger partial charge on any atom is 0.127 e. The summed E-state index contributed by atoms with van der Waals surface area (Å²) >= 11 is 0. The molecule has 1 aliphatic heterocycles. The van der Waals surface area contributed by atoms with Gasteiger partial charge in [-0.1, -0.05) is 30.3 Å². The van der Waals surface area contributed by atoms with Crippen LogP contribution in [0.4, 0.5) is 0 Å². The molecule has 0 aromatic heterocycles. The van der Waals surface area contributed by atoms with Gasteiger partial charge < -0.3 is 14.8 Å². The number of ether oxygens (including phenoxy) is 2. The first-order valence-corrected chi connectivity index (χ1v) is 7.00. The standard InChI is InChI=1S/C17H19NO2/c1-13-11-18-12-17(19-13)14-6-5-9-16(10-14)20-15-7-3-2-4-8-15/h2-10,13,17-18H,11-12H2,1H3. The number of morpholine rings is 1. The van der Waals surface area contributed by atoms with Crippen molar-refractivity contribution < 1.29 is 9.47 Å². The Morgan fingerprint density at radius 1 is 1.00 bits per heavy atom. The topological polar surface area (TPSA) is 30.5 Å². The van der Waals surface area contributed by atoms with Gasteiger partial charge >= 0.3 is 0 Å². The van der Waals surface area contributed by atoms with Crippen LogP contribution in [0.2, 0.25) is 0 Å². The van der Waals surface area contributed by atoms with Gasteiger partial charge in [-0.2, -0.15) is 0 Å². The summed E-state index contributed by atoms with van der Waals surface area (Å²) in [5, 5.41) is 3.39. The van der Waals surface area contributed by atoms with Crippen LogP contribution in [-0.2, 0) is 4.74 Å². The van der Waals surface area contributed by atoms with Gasteiger partial charge in [0.25, 0.3) is 0 Å². The van der Waals surface area contributed by atoms with Crippen molar-refractivity contribution in [1.29, 1.82) is 0 Å². The van der Waals surface area contributed by atoms with E-state index in [2.05, 4.69) is 24.4 Å². The van der Waals surface area contributed by atoms with Crippen LogP contribution in [0, 0.1) is 0 Å². The lowest BCUT2D eigenvalue weighted by atomic mass is 10.1. The maximum absolute atomic E-state index is 5.96. The van der Waals surface area contributed by atoms with E-state index in [0.29, 0.717) is 0 Å². The molecular weight excluding hydrogens is 250 g/mol. The summed E-state index contributed by atoms with van der Waals surface area (Å²) in [6, 6.07) is 17.9. The largest absolute Gasteiger partial charge is 0.457 e. The summed E-state index contributed by atoms with van der Waals surface area (Å²) in [6.07, 6.45) is 0.338. The van der Waals surface area contributed by atoms with Crippen LogP contribution in [0.25, 0.3) is 0 Å². The SMILES string of the molecule is CC1CNCC(c2cccc(Oc3ccccc3)c2)O1. The van der Waals surface area contributed by atoms with E-state index in [1.165, 1.54) is 0 Å². The second kappa shape index (κ2) is 6.07. The molecule has 0 spiro atoms. The Kier molecular flexibility index (Phi) is 4.00. The van der Waals surface area contributed by atoms with E-state index >= 15 is 0 Å². The smallest absolute Gasteiger partial charge is 0.127 e. The van der Waals surface area contributed by atoms with Crippen molar-refractivity contribution in [2.75, 3.05) is 13.1 Å². The third-order valence-corrected chi connectivity index (χ3v) is 3.37. The van der Waals surface area contributed by atoms with E-state index in [9.17, 15) is 0 Å². The number of hydrogen-bond donors (Lipinski definition) is 1. The van der Waals surface area contributed by atoms with Crippen LogP contribution in [-0.4, -0.2) is 19.2 Å². The molecule has 3 rings (SSSR count). The van der Waals surface area contributed by atoms with Gasteiger partial charge in [0.2, 0.25) is 0 Å². The molecule has 1 saturated heterocycles. The monoisotopic (exact) mass is 269 g/mol. The van der Waals surface area contributed by atoms with Gasteiger partial charge in [-0.3, -0.25) is 0 Å². The minimum atomic E-state index is 0.0954. The molecule has 1 fully saturated rings. The Labute approximate surface area is 119 Å². The van der Waals surface area contributed by atoms with Crippen molar-refractivity contribution in [3.63, 3.8) is 0 Å². The molecule has 20 heavy (non-hydrogen) atoms. The number of rotatable bonds is 3. The lowest BCUT2D eigenvalue weighted by Gasteiger charge is -2.29. The van der Waals surface area contributed by atoms with Crippen molar-refractivity contribution in [3.8, 4) is 11.5 Å². The molecule has 2 unspecified atom stereocenters. The average Bonchev–Trinajstić information content (AvgIpc) is 2.49. The Bertz CT molecular complexity index is 556. The van der Waals surface area contributed by atoms with Crippen LogP contribution in [0.15, 0.2) is 54.6 Å². The number of para-hydroxylation sites is 1. The fourth-order valence-electron chi connectivity index (χ4n) is 2.39. The molecule has 2 aromatic rings. The van der Waals surface area contributed by atoms with Gasteiger partial charge in [-0.25, -0.2) is 0 Å². The molecule has 0 saturated carbocycles. The minimum absolute atomic E-state index is 0.0954. The summed E-state index contributed by atoms with van der Waals surface area (Å²) < 4.78 is 11.8. The number of benzene rings is 2. The molecule has 104 valence electrons. The zero-order valence-corrected chi connectivity index (χ0v) is 11.6.